The van der Waals surface area contributed by atoms with Crippen molar-refractivity contribution in [1.29, 1.82) is 0 Å². The lowest BCUT2D eigenvalue weighted by Crippen LogP contribution is -2.33. The van der Waals surface area contributed by atoms with Gasteiger partial charge in [-0.15, -0.1) is 0 Å². The highest BCUT2D eigenvalue weighted by Gasteiger charge is 2.22. The molecule has 1 aromatic carbocycles. The molecule has 2 aliphatic rings. The number of hydrogen-bond donors (Lipinski definition) is 2. The maximum Gasteiger partial charge on any atom is 0.306 e. The smallest absolute Gasteiger partial charge is 0.306 e. The van der Waals surface area contributed by atoms with Gasteiger partial charge in [-0.05, 0) is 68.5 Å². The van der Waals surface area contributed by atoms with Crippen molar-refractivity contribution in [1.82, 2.24) is 9.88 Å². The van der Waals surface area contributed by atoms with Crippen molar-refractivity contribution >= 4 is 29.1 Å². The summed E-state index contributed by atoms with van der Waals surface area (Å²) in [6, 6.07) is 8.73. The number of nitrogens with zero attached hydrogens (tertiary/aromatic N) is 2. The van der Waals surface area contributed by atoms with Crippen LogP contribution in [0, 0.1) is 11.8 Å². The number of carbonyl (C=O) groups is 1. The minimum Gasteiger partial charge on any atom is -0.481 e. The van der Waals surface area contributed by atoms with Gasteiger partial charge in [0.2, 0.25) is 0 Å². The van der Waals surface area contributed by atoms with Gasteiger partial charge in [0, 0.05) is 23.8 Å². The quantitative estimate of drug-likeness (QED) is 0.610. The van der Waals surface area contributed by atoms with Crippen LogP contribution in [0.25, 0.3) is 0 Å². The van der Waals surface area contributed by atoms with Crippen molar-refractivity contribution in [3.05, 3.63) is 42.2 Å². The fourth-order valence-corrected chi connectivity index (χ4v) is 4.93. The fraction of sp³-hybridized carbons (Fsp3) is 0.455. The van der Waals surface area contributed by atoms with Gasteiger partial charge in [-0.1, -0.05) is 24.8 Å². The summed E-state index contributed by atoms with van der Waals surface area (Å²) in [6.07, 6.45) is 7.91. The zero-order valence-electron chi connectivity index (χ0n) is 16.2. The van der Waals surface area contributed by atoms with E-state index in [1.165, 1.54) is 33.9 Å². The first-order chi connectivity index (χ1) is 13.6. The number of rotatable bonds is 6. The van der Waals surface area contributed by atoms with Crippen LogP contribution >= 0.6 is 11.8 Å². The van der Waals surface area contributed by atoms with E-state index in [1.54, 1.807) is 11.8 Å². The van der Waals surface area contributed by atoms with Crippen LogP contribution in [0.5, 0.6) is 0 Å². The number of fused-ring (bicyclic) bond motifs is 2. The molecule has 1 unspecified atom stereocenters. The second kappa shape index (κ2) is 8.53. The number of carboxylic acid groups (broad SMARTS) is 1. The lowest BCUT2D eigenvalue weighted by molar-refractivity contribution is -0.141. The SMILES string of the molecule is CC(CCC1CCN(Cc2ccc3c(c2)Nc2ccncc2S3)CC1)C(=O)O. The molecule has 1 fully saturated rings. The minimum absolute atomic E-state index is 0.222. The molecular weight excluding hydrogens is 370 g/mol. The van der Waals surface area contributed by atoms with Crippen LogP contribution in [-0.2, 0) is 11.3 Å². The van der Waals surface area contributed by atoms with Crippen molar-refractivity contribution < 1.29 is 9.90 Å². The van der Waals surface area contributed by atoms with E-state index in [4.69, 9.17) is 5.11 Å². The predicted molar refractivity (Wildman–Crippen MR) is 112 cm³/mol. The van der Waals surface area contributed by atoms with Crippen LogP contribution in [0.15, 0.2) is 46.5 Å². The molecule has 148 valence electrons. The van der Waals surface area contributed by atoms with E-state index in [0.717, 1.165) is 38.2 Å². The molecular formula is C22H27N3O2S. The topological polar surface area (TPSA) is 65.5 Å². The van der Waals surface area contributed by atoms with Crippen LogP contribution in [0.4, 0.5) is 11.4 Å². The first-order valence-corrected chi connectivity index (χ1v) is 10.9. The molecule has 0 amide bonds. The molecule has 4 rings (SSSR count). The summed E-state index contributed by atoms with van der Waals surface area (Å²) in [4.78, 5) is 20.1. The number of aliphatic carboxylic acids is 1. The van der Waals surface area contributed by atoms with E-state index in [0.29, 0.717) is 5.92 Å². The first kappa shape index (κ1) is 19.3. The zero-order valence-corrected chi connectivity index (χ0v) is 17.0. The number of likely N-dealkylation sites (tertiary alicyclic amines) is 1. The molecule has 2 aromatic rings. The third-order valence-corrected chi connectivity index (χ3v) is 6.98. The third kappa shape index (κ3) is 4.50. The molecule has 0 bridgehead atoms. The monoisotopic (exact) mass is 397 g/mol. The summed E-state index contributed by atoms with van der Waals surface area (Å²) in [5.74, 6) is -0.222. The highest BCUT2D eigenvalue weighted by molar-refractivity contribution is 7.99. The maximum atomic E-state index is 11.0. The van der Waals surface area contributed by atoms with Gasteiger partial charge in [0.1, 0.15) is 0 Å². The molecule has 0 saturated carbocycles. The van der Waals surface area contributed by atoms with Gasteiger partial charge in [0.05, 0.1) is 22.2 Å². The number of piperidine rings is 1. The Bertz CT molecular complexity index is 849. The summed E-state index contributed by atoms with van der Waals surface area (Å²) >= 11 is 1.77. The highest BCUT2D eigenvalue weighted by atomic mass is 32.2. The molecule has 0 radical (unpaired) electrons. The Morgan fingerprint density at radius 2 is 2.11 bits per heavy atom. The summed E-state index contributed by atoms with van der Waals surface area (Å²) < 4.78 is 0. The number of carboxylic acids is 1. The summed E-state index contributed by atoms with van der Waals surface area (Å²) in [7, 11) is 0. The van der Waals surface area contributed by atoms with Crippen molar-refractivity contribution in [2.24, 2.45) is 11.8 Å². The number of pyridine rings is 1. The van der Waals surface area contributed by atoms with E-state index in [-0.39, 0.29) is 5.92 Å². The van der Waals surface area contributed by atoms with Gasteiger partial charge in [0.25, 0.3) is 0 Å². The normalized spacial score (nSPS) is 18.0. The number of aromatic nitrogens is 1. The number of nitrogens with one attached hydrogen (secondary N) is 1. The highest BCUT2D eigenvalue weighted by Crippen LogP contribution is 2.43. The van der Waals surface area contributed by atoms with E-state index in [2.05, 4.69) is 33.4 Å². The van der Waals surface area contributed by atoms with Gasteiger partial charge in [0.15, 0.2) is 0 Å². The second-order valence-electron chi connectivity index (χ2n) is 7.97. The molecule has 6 heteroatoms. The molecule has 2 N–H and O–H groups in total. The summed E-state index contributed by atoms with van der Waals surface area (Å²) in [5.41, 5.74) is 3.64. The van der Waals surface area contributed by atoms with Crippen LogP contribution < -0.4 is 5.32 Å². The number of anilines is 2. The van der Waals surface area contributed by atoms with Crippen molar-refractivity contribution in [2.75, 3.05) is 18.4 Å². The van der Waals surface area contributed by atoms with E-state index in [9.17, 15) is 4.79 Å². The van der Waals surface area contributed by atoms with Crippen molar-refractivity contribution in [3.63, 3.8) is 0 Å². The molecule has 0 spiro atoms. The summed E-state index contributed by atoms with van der Waals surface area (Å²) in [6.45, 7) is 4.98. The van der Waals surface area contributed by atoms with Gasteiger partial charge >= 0.3 is 5.97 Å². The van der Waals surface area contributed by atoms with E-state index in [1.807, 2.05) is 25.4 Å². The van der Waals surface area contributed by atoms with Crippen LogP contribution in [0.2, 0.25) is 0 Å². The molecule has 28 heavy (non-hydrogen) atoms. The lowest BCUT2D eigenvalue weighted by Gasteiger charge is -2.32. The van der Waals surface area contributed by atoms with E-state index < -0.39 is 5.97 Å². The molecule has 1 atom stereocenters. The third-order valence-electron chi connectivity index (χ3n) is 5.86. The Kier molecular flexibility index (Phi) is 5.87. The van der Waals surface area contributed by atoms with E-state index >= 15 is 0 Å². The summed E-state index contributed by atoms with van der Waals surface area (Å²) in [5, 5.41) is 12.6. The standard InChI is InChI=1S/C22H27N3O2S/c1-15(22(26)27)2-3-16-7-10-25(11-8-16)14-17-4-5-20-19(12-17)24-18-6-9-23-13-21(18)28-20/h4-6,9,12-13,15-16,24H,2-3,7-8,10-11,14H2,1H3,(H,26,27). The molecule has 1 aromatic heterocycles. The van der Waals surface area contributed by atoms with Crippen molar-refractivity contribution in [2.45, 2.75) is 48.9 Å². The Morgan fingerprint density at radius 3 is 2.89 bits per heavy atom. The average Bonchev–Trinajstić information content (AvgIpc) is 2.71. The average molecular weight is 398 g/mol. The molecule has 0 aliphatic carbocycles. The molecule has 1 saturated heterocycles. The molecule has 5 nitrogen and oxygen atoms in total. The number of hydrogen-bond acceptors (Lipinski definition) is 5. The van der Waals surface area contributed by atoms with Crippen LogP contribution in [-0.4, -0.2) is 34.0 Å². The Hall–Kier alpha value is -2.05. The lowest BCUT2D eigenvalue weighted by atomic mass is 9.89. The van der Waals surface area contributed by atoms with Gasteiger partial charge in [-0.3, -0.25) is 14.7 Å². The fourth-order valence-electron chi connectivity index (χ4n) is 3.99. The van der Waals surface area contributed by atoms with Crippen molar-refractivity contribution in [3.8, 4) is 0 Å². The predicted octanol–water partition coefficient (Wildman–Crippen LogP) is 5.00. The Morgan fingerprint density at radius 1 is 1.29 bits per heavy atom. The minimum atomic E-state index is -0.671. The largest absolute Gasteiger partial charge is 0.481 e. The van der Waals surface area contributed by atoms with Gasteiger partial charge in [-0.2, -0.15) is 0 Å². The van der Waals surface area contributed by atoms with Gasteiger partial charge in [-0.25, -0.2) is 0 Å². The molecule has 2 aliphatic heterocycles. The number of benzene rings is 1. The van der Waals surface area contributed by atoms with Crippen LogP contribution in [0.3, 0.4) is 0 Å². The zero-order chi connectivity index (χ0) is 19.5. The van der Waals surface area contributed by atoms with Crippen LogP contribution in [0.1, 0.15) is 38.2 Å². The first-order valence-electron chi connectivity index (χ1n) is 10.1. The Balaban J connectivity index is 1.30. The second-order valence-corrected chi connectivity index (χ2v) is 9.05. The van der Waals surface area contributed by atoms with Gasteiger partial charge < -0.3 is 10.4 Å². The molecule has 3 heterocycles. The Labute approximate surface area is 170 Å². The maximum absolute atomic E-state index is 11.0.